The van der Waals surface area contributed by atoms with Crippen molar-refractivity contribution >= 4 is 6.09 Å². The van der Waals surface area contributed by atoms with Crippen molar-refractivity contribution < 1.29 is 14.6 Å². The van der Waals surface area contributed by atoms with Gasteiger partial charge in [0.15, 0.2) is 0 Å². The number of aliphatic hydroxyl groups is 1. The Balaban J connectivity index is 2.25. The van der Waals surface area contributed by atoms with Gasteiger partial charge in [-0.2, -0.15) is 0 Å². The Morgan fingerprint density at radius 3 is 2.55 bits per heavy atom. The second-order valence-electron chi connectivity index (χ2n) is 5.38. The van der Waals surface area contributed by atoms with Crippen LogP contribution in [0.2, 0.25) is 0 Å². The average Bonchev–Trinajstić information content (AvgIpc) is 2.50. The minimum absolute atomic E-state index is 0.110. The van der Waals surface area contributed by atoms with Crippen molar-refractivity contribution in [2.45, 2.75) is 50.8 Å². The SMILES string of the molecule is COC(=O)N(C(C)c1ccccc1)C1CCCC[C@H]1O. The zero-order valence-corrected chi connectivity index (χ0v) is 12.2. The van der Waals surface area contributed by atoms with Crippen LogP contribution in [0.3, 0.4) is 0 Å². The van der Waals surface area contributed by atoms with Gasteiger partial charge in [-0.3, -0.25) is 4.90 Å². The Hall–Kier alpha value is -1.55. The van der Waals surface area contributed by atoms with Gasteiger partial charge in [-0.05, 0) is 25.3 Å². The molecule has 0 bridgehead atoms. The molecule has 20 heavy (non-hydrogen) atoms. The zero-order valence-electron chi connectivity index (χ0n) is 12.2. The van der Waals surface area contributed by atoms with Gasteiger partial charge >= 0.3 is 6.09 Å². The molecule has 0 spiro atoms. The molecule has 3 atom stereocenters. The van der Waals surface area contributed by atoms with Crippen LogP contribution in [0.15, 0.2) is 30.3 Å². The van der Waals surface area contributed by atoms with Crippen molar-refractivity contribution in [2.24, 2.45) is 0 Å². The third kappa shape index (κ3) is 3.12. The summed E-state index contributed by atoms with van der Waals surface area (Å²) < 4.78 is 4.93. The Morgan fingerprint density at radius 2 is 1.95 bits per heavy atom. The number of nitrogens with zero attached hydrogens (tertiary/aromatic N) is 1. The number of carbonyl (C=O) groups is 1. The summed E-state index contributed by atoms with van der Waals surface area (Å²) in [6, 6.07) is 9.59. The summed E-state index contributed by atoms with van der Waals surface area (Å²) in [6.07, 6.45) is 2.80. The molecular weight excluding hydrogens is 254 g/mol. The van der Waals surface area contributed by atoms with E-state index in [2.05, 4.69) is 0 Å². The van der Waals surface area contributed by atoms with Crippen LogP contribution in [0.1, 0.15) is 44.2 Å². The van der Waals surface area contributed by atoms with Crippen molar-refractivity contribution in [3.8, 4) is 0 Å². The third-order valence-corrected chi connectivity index (χ3v) is 4.14. The van der Waals surface area contributed by atoms with Crippen molar-refractivity contribution in [1.29, 1.82) is 0 Å². The second-order valence-corrected chi connectivity index (χ2v) is 5.38. The molecule has 1 aromatic rings. The van der Waals surface area contributed by atoms with Crippen molar-refractivity contribution in [3.05, 3.63) is 35.9 Å². The fourth-order valence-corrected chi connectivity index (χ4v) is 2.99. The number of ether oxygens (including phenoxy) is 1. The van der Waals surface area contributed by atoms with Crippen LogP contribution < -0.4 is 0 Å². The zero-order chi connectivity index (χ0) is 14.5. The number of benzene rings is 1. The molecule has 4 nitrogen and oxygen atoms in total. The van der Waals surface area contributed by atoms with Gasteiger partial charge in [0.05, 0.1) is 25.3 Å². The van der Waals surface area contributed by atoms with E-state index in [0.717, 1.165) is 31.2 Å². The lowest BCUT2D eigenvalue weighted by atomic mass is 9.90. The lowest BCUT2D eigenvalue weighted by Gasteiger charge is -2.40. The largest absolute Gasteiger partial charge is 0.453 e. The smallest absolute Gasteiger partial charge is 0.410 e. The molecule has 0 heterocycles. The molecule has 0 aromatic heterocycles. The number of amides is 1. The molecule has 1 saturated carbocycles. The molecular formula is C16H23NO3. The summed E-state index contributed by atoms with van der Waals surface area (Å²) in [5.74, 6) is 0. The number of carbonyl (C=O) groups excluding carboxylic acids is 1. The van der Waals surface area contributed by atoms with E-state index in [0.29, 0.717) is 0 Å². The minimum atomic E-state index is -0.464. The summed E-state index contributed by atoms with van der Waals surface area (Å²) in [4.78, 5) is 13.9. The molecule has 1 aromatic carbocycles. The number of hydrogen-bond acceptors (Lipinski definition) is 3. The molecule has 110 valence electrons. The van der Waals surface area contributed by atoms with Crippen molar-refractivity contribution in [1.82, 2.24) is 4.90 Å². The highest BCUT2D eigenvalue weighted by atomic mass is 16.5. The first-order valence-electron chi connectivity index (χ1n) is 7.24. The summed E-state index contributed by atoms with van der Waals surface area (Å²) in [5, 5.41) is 10.2. The lowest BCUT2D eigenvalue weighted by Crippen LogP contribution is -2.49. The van der Waals surface area contributed by atoms with Gasteiger partial charge < -0.3 is 9.84 Å². The van der Waals surface area contributed by atoms with Crippen LogP contribution in [0.4, 0.5) is 4.79 Å². The highest BCUT2D eigenvalue weighted by molar-refractivity contribution is 5.68. The Bertz CT molecular complexity index is 435. The summed E-state index contributed by atoms with van der Waals surface area (Å²) in [6.45, 7) is 1.98. The van der Waals surface area contributed by atoms with Crippen LogP contribution in [0.25, 0.3) is 0 Å². The maximum atomic E-state index is 12.2. The Morgan fingerprint density at radius 1 is 1.30 bits per heavy atom. The molecule has 4 heteroatoms. The van der Waals surface area contributed by atoms with E-state index >= 15 is 0 Å². The molecule has 0 radical (unpaired) electrons. The maximum absolute atomic E-state index is 12.2. The van der Waals surface area contributed by atoms with Crippen molar-refractivity contribution in [3.63, 3.8) is 0 Å². The van der Waals surface area contributed by atoms with Crippen LogP contribution in [0, 0.1) is 0 Å². The molecule has 2 unspecified atom stereocenters. The standard InChI is InChI=1S/C16H23NO3/c1-12(13-8-4-3-5-9-13)17(16(19)20-2)14-10-6-7-11-15(14)18/h3-5,8-9,12,14-15,18H,6-7,10-11H2,1-2H3/t12?,14?,15-/m1/s1. The average molecular weight is 277 g/mol. The third-order valence-electron chi connectivity index (χ3n) is 4.14. The lowest BCUT2D eigenvalue weighted by molar-refractivity contribution is 0.00265. The normalized spacial score (nSPS) is 23.9. The number of hydrogen-bond donors (Lipinski definition) is 1. The van der Waals surface area contributed by atoms with Crippen LogP contribution in [0.5, 0.6) is 0 Å². The van der Waals surface area contributed by atoms with Gasteiger partial charge in [-0.1, -0.05) is 43.2 Å². The van der Waals surface area contributed by atoms with Crippen LogP contribution in [-0.2, 0) is 4.74 Å². The van der Waals surface area contributed by atoms with Gasteiger partial charge in [-0.15, -0.1) is 0 Å². The van der Waals surface area contributed by atoms with Gasteiger partial charge in [0.2, 0.25) is 0 Å². The molecule has 2 rings (SSSR count). The Labute approximate surface area is 120 Å². The number of methoxy groups -OCH3 is 1. The summed E-state index contributed by atoms with van der Waals surface area (Å²) in [5.41, 5.74) is 1.05. The quantitative estimate of drug-likeness (QED) is 0.923. The number of rotatable bonds is 3. The molecule has 1 aliphatic rings. The Kier molecular flexibility index (Phi) is 5.01. The molecule has 1 aliphatic carbocycles. The van der Waals surface area contributed by atoms with Gasteiger partial charge in [-0.25, -0.2) is 4.79 Å². The van der Waals surface area contributed by atoms with Crippen LogP contribution >= 0.6 is 0 Å². The topological polar surface area (TPSA) is 49.8 Å². The van der Waals surface area contributed by atoms with Crippen LogP contribution in [-0.4, -0.2) is 35.4 Å². The highest BCUT2D eigenvalue weighted by Gasteiger charge is 2.35. The molecule has 0 saturated heterocycles. The van der Waals surface area contributed by atoms with Gasteiger partial charge in [0.1, 0.15) is 0 Å². The maximum Gasteiger partial charge on any atom is 0.410 e. The molecule has 1 amide bonds. The first-order chi connectivity index (χ1) is 9.65. The molecule has 1 N–H and O–H groups in total. The van der Waals surface area contributed by atoms with Crippen molar-refractivity contribution in [2.75, 3.05) is 7.11 Å². The number of aliphatic hydroxyl groups excluding tert-OH is 1. The molecule has 0 aliphatic heterocycles. The van der Waals surface area contributed by atoms with E-state index < -0.39 is 6.10 Å². The second kappa shape index (κ2) is 6.75. The van der Waals surface area contributed by atoms with Gasteiger partial charge in [0.25, 0.3) is 0 Å². The first kappa shape index (κ1) is 14.9. The van der Waals surface area contributed by atoms with E-state index in [9.17, 15) is 9.90 Å². The minimum Gasteiger partial charge on any atom is -0.453 e. The van der Waals surface area contributed by atoms with E-state index in [4.69, 9.17) is 4.74 Å². The predicted molar refractivity (Wildman–Crippen MR) is 77.4 cm³/mol. The van der Waals surface area contributed by atoms with E-state index in [1.54, 1.807) is 4.90 Å². The van der Waals surface area contributed by atoms with Gasteiger partial charge in [0, 0.05) is 0 Å². The monoisotopic (exact) mass is 277 g/mol. The summed E-state index contributed by atoms with van der Waals surface area (Å²) in [7, 11) is 1.39. The van der Waals surface area contributed by atoms with E-state index in [1.165, 1.54) is 7.11 Å². The predicted octanol–water partition coefficient (Wildman–Crippen LogP) is 3.12. The fourth-order valence-electron chi connectivity index (χ4n) is 2.99. The summed E-state index contributed by atoms with van der Waals surface area (Å²) >= 11 is 0. The fraction of sp³-hybridized carbons (Fsp3) is 0.562. The highest BCUT2D eigenvalue weighted by Crippen LogP contribution is 2.31. The van der Waals surface area contributed by atoms with E-state index in [-0.39, 0.29) is 18.2 Å². The molecule has 1 fully saturated rings. The first-order valence-corrected chi connectivity index (χ1v) is 7.24. The van der Waals surface area contributed by atoms with E-state index in [1.807, 2.05) is 37.3 Å².